The topological polar surface area (TPSA) is 69.7 Å². The lowest BCUT2D eigenvalue weighted by atomic mass is 10.1. The van der Waals surface area contributed by atoms with Crippen molar-refractivity contribution < 1.29 is 13.2 Å². The van der Waals surface area contributed by atoms with Gasteiger partial charge >= 0.3 is 6.03 Å². The van der Waals surface area contributed by atoms with Crippen molar-refractivity contribution in [1.29, 1.82) is 0 Å². The first kappa shape index (κ1) is 19.9. The number of benzene rings is 2. The van der Waals surface area contributed by atoms with E-state index in [2.05, 4.69) is 21.2 Å². The van der Waals surface area contributed by atoms with Crippen LogP contribution in [-0.4, -0.2) is 56.4 Å². The highest BCUT2D eigenvalue weighted by molar-refractivity contribution is 9.10. The lowest BCUT2D eigenvalue weighted by Crippen LogP contribution is -2.53. The molecule has 0 spiro atoms. The molecule has 144 valence electrons. The van der Waals surface area contributed by atoms with Crippen LogP contribution in [0.25, 0.3) is 0 Å². The lowest BCUT2D eigenvalue weighted by molar-refractivity contribution is 0.172. The van der Waals surface area contributed by atoms with E-state index in [-0.39, 0.29) is 10.9 Å². The Kier molecular flexibility index (Phi) is 6.51. The molecule has 1 saturated heterocycles. The number of piperazine rings is 1. The van der Waals surface area contributed by atoms with E-state index in [1.165, 1.54) is 9.87 Å². The Balaban J connectivity index is 1.49. The molecule has 2 amide bonds. The summed E-state index contributed by atoms with van der Waals surface area (Å²) in [5.41, 5.74) is 1.17. The SMILES string of the molecule is O=C(NCCc1ccccc1)N1CCN(S(=O)(=O)c2ccc(Br)cc2)CC1. The maximum atomic E-state index is 12.7. The highest BCUT2D eigenvalue weighted by Gasteiger charge is 2.29. The first-order valence-electron chi connectivity index (χ1n) is 8.79. The molecule has 1 fully saturated rings. The van der Waals surface area contributed by atoms with Crippen molar-refractivity contribution in [2.24, 2.45) is 0 Å². The second kappa shape index (κ2) is 8.86. The molecular formula is C19H22BrN3O3S. The summed E-state index contributed by atoms with van der Waals surface area (Å²) in [4.78, 5) is 14.2. The van der Waals surface area contributed by atoms with Crippen LogP contribution in [0.5, 0.6) is 0 Å². The smallest absolute Gasteiger partial charge is 0.317 e. The third-order valence-corrected chi connectivity index (χ3v) is 6.95. The summed E-state index contributed by atoms with van der Waals surface area (Å²) in [6.07, 6.45) is 0.768. The largest absolute Gasteiger partial charge is 0.338 e. The van der Waals surface area contributed by atoms with E-state index >= 15 is 0 Å². The Morgan fingerprint density at radius 1 is 0.963 bits per heavy atom. The zero-order valence-electron chi connectivity index (χ0n) is 14.8. The summed E-state index contributed by atoms with van der Waals surface area (Å²) < 4.78 is 27.7. The molecule has 6 nitrogen and oxygen atoms in total. The highest BCUT2D eigenvalue weighted by atomic mass is 79.9. The van der Waals surface area contributed by atoms with Crippen LogP contribution in [0.2, 0.25) is 0 Å². The number of carbonyl (C=O) groups is 1. The molecule has 1 N–H and O–H groups in total. The summed E-state index contributed by atoms with van der Waals surface area (Å²) in [6.45, 7) is 1.91. The third-order valence-electron chi connectivity index (χ3n) is 4.51. The molecule has 8 heteroatoms. The predicted octanol–water partition coefficient (Wildman–Crippen LogP) is 2.71. The van der Waals surface area contributed by atoms with Crippen LogP contribution < -0.4 is 5.32 Å². The molecule has 27 heavy (non-hydrogen) atoms. The summed E-state index contributed by atoms with van der Waals surface area (Å²) in [5.74, 6) is 0. The number of nitrogens with zero attached hydrogens (tertiary/aromatic N) is 2. The van der Waals surface area contributed by atoms with Gasteiger partial charge < -0.3 is 10.2 Å². The zero-order chi connectivity index (χ0) is 19.3. The van der Waals surface area contributed by atoms with E-state index in [9.17, 15) is 13.2 Å². The molecular weight excluding hydrogens is 430 g/mol. The molecule has 1 heterocycles. The second-order valence-electron chi connectivity index (χ2n) is 6.31. The molecule has 0 aliphatic carbocycles. The third kappa shape index (κ3) is 5.09. The number of nitrogens with one attached hydrogen (secondary N) is 1. The van der Waals surface area contributed by atoms with Gasteiger partial charge in [-0.25, -0.2) is 13.2 Å². The molecule has 2 aromatic carbocycles. The van der Waals surface area contributed by atoms with Crippen molar-refractivity contribution in [3.05, 3.63) is 64.6 Å². The lowest BCUT2D eigenvalue weighted by Gasteiger charge is -2.34. The van der Waals surface area contributed by atoms with Gasteiger partial charge in [-0.15, -0.1) is 0 Å². The zero-order valence-corrected chi connectivity index (χ0v) is 17.2. The quantitative estimate of drug-likeness (QED) is 0.759. The minimum atomic E-state index is -3.53. The van der Waals surface area contributed by atoms with Crippen LogP contribution >= 0.6 is 15.9 Å². The van der Waals surface area contributed by atoms with E-state index < -0.39 is 10.0 Å². The van der Waals surface area contributed by atoms with Crippen molar-refractivity contribution in [1.82, 2.24) is 14.5 Å². The summed E-state index contributed by atoms with van der Waals surface area (Å²) in [5, 5.41) is 2.91. The van der Waals surface area contributed by atoms with Crippen LogP contribution in [0.4, 0.5) is 4.79 Å². The van der Waals surface area contributed by atoms with Crippen molar-refractivity contribution in [2.75, 3.05) is 32.7 Å². The number of hydrogen-bond acceptors (Lipinski definition) is 3. The number of amides is 2. The number of sulfonamides is 1. The Labute approximate surface area is 168 Å². The van der Waals surface area contributed by atoms with Gasteiger partial charge in [-0.3, -0.25) is 0 Å². The van der Waals surface area contributed by atoms with E-state index in [1.54, 1.807) is 29.2 Å². The molecule has 0 aromatic heterocycles. The number of halogens is 1. The molecule has 0 unspecified atom stereocenters. The van der Waals surface area contributed by atoms with Gasteiger partial charge in [0.15, 0.2) is 0 Å². The van der Waals surface area contributed by atoms with Crippen LogP contribution in [0.15, 0.2) is 64.0 Å². The minimum Gasteiger partial charge on any atom is -0.338 e. The van der Waals surface area contributed by atoms with Gasteiger partial charge in [-0.2, -0.15) is 4.31 Å². The fourth-order valence-electron chi connectivity index (χ4n) is 2.96. The Morgan fingerprint density at radius 2 is 1.59 bits per heavy atom. The van der Waals surface area contributed by atoms with E-state index in [0.717, 1.165) is 10.9 Å². The fourth-order valence-corrected chi connectivity index (χ4v) is 4.64. The summed E-state index contributed by atoms with van der Waals surface area (Å²) >= 11 is 3.31. The Bertz CT molecular complexity index is 865. The second-order valence-corrected chi connectivity index (χ2v) is 9.17. The van der Waals surface area contributed by atoms with Crippen molar-refractivity contribution in [3.8, 4) is 0 Å². The van der Waals surface area contributed by atoms with Crippen molar-refractivity contribution in [3.63, 3.8) is 0 Å². The molecule has 1 aliphatic heterocycles. The molecule has 1 aliphatic rings. The highest BCUT2D eigenvalue weighted by Crippen LogP contribution is 2.20. The van der Waals surface area contributed by atoms with E-state index in [1.807, 2.05) is 30.3 Å². The predicted molar refractivity (Wildman–Crippen MR) is 108 cm³/mol. The molecule has 0 bridgehead atoms. The fraction of sp³-hybridized carbons (Fsp3) is 0.316. The normalized spacial score (nSPS) is 15.5. The molecule has 0 saturated carbocycles. The van der Waals surface area contributed by atoms with Gasteiger partial charge in [0.2, 0.25) is 10.0 Å². The maximum Gasteiger partial charge on any atom is 0.317 e. The minimum absolute atomic E-state index is 0.147. The van der Waals surface area contributed by atoms with Gasteiger partial charge in [0.1, 0.15) is 0 Å². The van der Waals surface area contributed by atoms with Gasteiger partial charge in [0, 0.05) is 37.2 Å². The Hall–Kier alpha value is -1.90. The number of hydrogen-bond donors (Lipinski definition) is 1. The Morgan fingerprint density at radius 3 is 2.22 bits per heavy atom. The summed E-state index contributed by atoms with van der Waals surface area (Å²) in [6, 6.07) is 16.4. The first-order chi connectivity index (χ1) is 13.0. The average molecular weight is 452 g/mol. The summed E-state index contributed by atoms with van der Waals surface area (Å²) in [7, 11) is -3.53. The molecule has 0 atom stereocenters. The van der Waals surface area contributed by atoms with Crippen molar-refractivity contribution in [2.45, 2.75) is 11.3 Å². The molecule has 0 radical (unpaired) electrons. The van der Waals surface area contributed by atoms with E-state index in [0.29, 0.717) is 32.7 Å². The van der Waals surface area contributed by atoms with Crippen LogP contribution in [0.1, 0.15) is 5.56 Å². The van der Waals surface area contributed by atoms with Gasteiger partial charge in [-0.1, -0.05) is 46.3 Å². The number of rotatable bonds is 5. The molecule has 3 rings (SSSR count). The van der Waals surface area contributed by atoms with Gasteiger partial charge in [0.05, 0.1) is 4.90 Å². The van der Waals surface area contributed by atoms with Gasteiger partial charge in [-0.05, 0) is 36.2 Å². The van der Waals surface area contributed by atoms with Crippen LogP contribution in [0, 0.1) is 0 Å². The maximum absolute atomic E-state index is 12.7. The van der Waals surface area contributed by atoms with Crippen LogP contribution in [-0.2, 0) is 16.4 Å². The number of carbonyl (C=O) groups excluding carboxylic acids is 1. The monoisotopic (exact) mass is 451 g/mol. The van der Waals surface area contributed by atoms with E-state index in [4.69, 9.17) is 0 Å². The standard InChI is InChI=1S/C19H22BrN3O3S/c20-17-6-8-18(9-7-17)27(25,26)23-14-12-22(13-15-23)19(24)21-11-10-16-4-2-1-3-5-16/h1-9H,10-15H2,(H,21,24). The molecule has 2 aromatic rings. The van der Waals surface area contributed by atoms with Gasteiger partial charge in [0.25, 0.3) is 0 Å². The average Bonchev–Trinajstić information content (AvgIpc) is 2.69. The first-order valence-corrected chi connectivity index (χ1v) is 11.0. The number of urea groups is 1. The van der Waals surface area contributed by atoms with Crippen LogP contribution in [0.3, 0.4) is 0 Å². The van der Waals surface area contributed by atoms with Crippen molar-refractivity contribution >= 4 is 32.0 Å².